The second kappa shape index (κ2) is 8.71. The predicted molar refractivity (Wildman–Crippen MR) is 82.8 cm³/mol. The maximum atomic E-state index is 2.45. The summed E-state index contributed by atoms with van der Waals surface area (Å²) in [5.74, 6) is 0. The van der Waals surface area contributed by atoms with Gasteiger partial charge in [0.25, 0.3) is 0 Å². The number of hydrogen-bond acceptors (Lipinski definition) is 1. The minimum absolute atomic E-state index is 0. The zero-order chi connectivity index (χ0) is 14.9. The van der Waals surface area contributed by atoms with E-state index in [1.165, 1.54) is 22.3 Å². The van der Waals surface area contributed by atoms with Crippen LogP contribution in [0.25, 0.3) is 5.57 Å². The fourth-order valence-corrected chi connectivity index (χ4v) is 2.94. The van der Waals surface area contributed by atoms with E-state index in [4.69, 9.17) is 0 Å². The Bertz CT molecular complexity index is 558. The molecule has 0 spiro atoms. The van der Waals surface area contributed by atoms with Crippen molar-refractivity contribution in [3.8, 4) is 0 Å². The maximum absolute atomic E-state index is 2.45. The van der Waals surface area contributed by atoms with Crippen LogP contribution < -0.4 is 24.8 Å². The summed E-state index contributed by atoms with van der Waals surface area (Å²) < 4.78 is 2.45. The van der Waals surface area contributed by atoms with E-state index in [2.05, 4.69) is 95.1 Å². The van der Waals surface area contributed by atoms with Crippen LogP contribution in [0.3, 0.4) is 0 Å². The van der Waals surface area contributed by atoms with E-state index >= 15 is 0 Å². The second-order valence-corrected chi connectivity index (χ2v) is 7.38. The largest absolute Gasteiger partial charge is 1.00 e. The van der Waals surface area contributed by atoms with Crippen LogP contribution in [0.2, 0.25) is 0 Å². The third kappa shape index (κ3) is 4.98. The van der Waals surface area contributed by atoms with E-state index in [0.717, 1.165) is 6.42 Å². The van der Waals surface area contributed by atoms with Gasteiger partial charge in [-0.05, 0) is 0 Å². The second-order valence-electron chi connectivity index (χ2n) is 6.63. The number of allylic oxidation sites excluding steroid dienone is 4. The Labute approximate surface area is 159 Å². The van der Waals surface area contributed by atoms with Crippen LogP contribution in [0, 0.1) is 0 Å². The SMILES string of the molecule is CC1=CCC(c2ccccc2C(C)[N]([Ti+2])C(C)(C)C)=C1.[Cl-].[Cl-]. The molecule has 0 N–H and O–H groups in total. The molecular formula is C18H24Cl2NTi. The molecule has 0 saturated carbocycles. The molecule has 1 aliphatic rings. The van der Waals surface area contributed by atoms with Crippen molar-refractivity contribution < 1.29 is 45.5 Å². The summed E-state index contributed by atoms with van der Waals surface area (Å²) in [6.45, 7) is 11.3. The fraction of sp³-hybridized carbons (Fsp3) is 0.444. The molecule has 1 aliphatic carbocycles. The van der Waals surface area contributed by atoms with Crippen LogP contribution in [-0.2, 0) is 20.7 Å². The first-order valence-electron chi connectivity index (χ1n) is 7.28. The number of nitrogens with zero attached hydrogens (tertiary/aromatic N) is 1. The van der Waals surface area contributed by atoms with Gasteiger partial charge in [-0.1, -0.05) is 0 Å². The van der Waals surface area contributed by atoms with E-state index in [-0.39, 0.29) is 30.4 Å². The number of hydrogen-bond donors (Lipinski definition) is 0. The van der Waals surface area contributed by atoms with E-state index < -0.39 is 0 Å². The van der Waals surface area contributed by atoms with E-state index in [9.17, 15) is 0 Å². The van der Waals surface area contributed by atoms with Crippen molar-refractivity contribution in [3.63, 3.8) is 0 Å². The summed E-state index contributed by atoms with van der Waals surface area (Å²) in [4.78, 5) is 0. The maximum Gasteiger partial charge on any atom is -1.00 e. The Hall–Kier alpha value is -0.0457. The normalized spacial score (nSPS) is 15.6. The topological polar surface area (TPSA) is 3.24 Å². The summed E-state index contributed by atoms with van der Waals surface area (Å²) in [6.07, 6.45) is 5.70. The molecule has 1 unspecified atom stereocenters. The Morgan fingerprint density at radius 2 is 1.73 bits per heavy atom. The van der Waals surface area contributed by atoms with Gasteiger partial charge >= 0.3 is 135 Å². The van der Waals surface area contributed by atoms with Gasteiger partial charge in [-0.15, -0.1) is 0 Å². The van der Waals surface area contributed by atoms with Crippen LogP contribution in [0.15, 0.2) is 42.0 Å². The molecule has 4 heteroatoms. The molecule has 22 heavy (non-hydrogen) atoms. The van der Waals surface area contributed by atoms with E-state index in [0.29, 0.717) is 6.04 Å². The van der Waals surface area contributed by atoms with Crippen molar-refractivity contribution in [2.24, 2.45) is 0 Å². The Balaban J connectivity index is 0.00000220. The molecule has 1 nitrogen and oxygen atoms in total. The molecule has 1 aromatic rings. The number of rotatable bonds is 3. The van der Waals surface area contributed by atoms with Gasteiger partial charge in [0.15, 0.2) is 0 Å². The first kappa shape index (κ1) is 22.0. The van der Waals surface area contributed by atoms with Crippen molar-refractivity contribution in [2.75, 3.05) is 0 Å². The van der Waals surface area contributed by atoms with Crippen molar-refractivity contribution in [3.05, 3.63) is 53.1 Å². The zero-order valence-corrected chi connectivity index (χ0v) is 17.0. The molecular weight excluding hydrogens is 349 g/mol. The molecule has 0 fully saturated rings. The summed E-state index contributed by atoms with van der Waals surface area (Å²) in [5.41, 5.74) is 5.84. The van der Waals surface area contributed by atoms with Crippen LogP contribution in [-0.4, -0.2) is 8.92 Å². The molecule has 0 bridgehead atoms. The van der Waals surface area contributed by atoms with Gasteiger partial charge in [0.2, 0.25) is 0 Å². The number of halogens is 2. The van der Waals surface area contributed by atoms with Crippen molar-refractivity contribution >= 4 is 5.57 Å². The van der Waals surface area contributed by atoms with Crippen molar-refractivity contribution in [1.29, 1.82) is 0 Å². The van der Waals surface area contributed by atoms with Gasteiger partial charge in [0.1, 0.15) is 0 Å². The summed E-state index contributed by atoms with van der Waals surface area (Å²) in [6, 6.07) is 9.25. The predicted octanol–water partition coefficient (Wildman–Crippen LogP) is -0.949. The molecule has 0 amide bonds. The Morgan fingerprint density at radius 1 is 1.14 bits per heavy atom. The fourth-order valence-electron chi connectivity index (χ4n) is 2.73. The molecule has 0 radical (unpaired) electrons. The van der Waals surface area contributed by atoms with Gasteiger partial charge in [-0.2, -0.15) is 0 Å². The number of benzene rings is 1. The Kier molecular flexibility index (Phi) is 8.69. The third-order valence-electron chi connectivity index (χ3n) is 3.91. The van der Waals surface area contributed by atoms with Gasteiger partial charge in [-0.3, -0.25) is 0 Å². The summed E-state index contributed by atoms with van der Waals surface area (Å²) in [7, 11) is 0. The summed E-state index contributed by atoms with van der Waals surface area (Å²) >= 11 is 2.22. The molecule has 2 rings (SSSR count). The van der Waals surface area contributed by atoms with E-state index in [1.54, 1.807) is 0 Å². The first-order chi connectivity index (χ1) is 9.30. The monoisotopic (exact) mass is 372 g/mol. The molecule has 1 atom stereocenters. The van der Waals surface area contributed by atoms with Gasteiger partial charge in [0.05, 0.1) is 0 Å². The van der Waals surface area contributed by atoms with Crippen LogP contribution in [0.5, 0.6) is 0 Å². The van der Waals surface area contributed by atoms with Gasteiger partial charge in [-0.25, -0.2) is 0 Å². The molecule has 0 saturated heterocycles. The van der Waals surface area contributed by atoms with Gasteiger partial charge in [0, 0.05) is 0 Å². The van der Waals surface area contributed by atoms with Gasteiger partial charge < -0.3 is 24.8 Å². The molecule has 0 aliphatic heterocycles. The molecule has 119 valence electrons. The zero-order valence-electron chi connectivity index (χ0n) is 14.0. The average molecular weight is 373 g/mol. The Morgan fingerprint density at radius 3 is 2.23 bits per heavy atom. The molecule has 1 aromatic carbocycles. The average Bonchev–Trinajstić information content (AvgIpc) is 2.82. The van der Waals surface area contributed by atoms with Crippen molar-refractivity contribution in [1.82, 2.24) is 3.38 Å². The van der Waals surface area contributed by atoms with E-state index in [1.807, 2.05) is 0 Å². The minimum atomic E-state index is 0. The van der Waals surface area contributed by atoms with Crippen molar-refractivity contribution in [2.45, 2.75) is 52.6 Å². The summed E-state index contributed by atoms with van der Waals surface area (Å²) in [5, 5.41) is 0. The minimum Gasteiger partial charge on any atom is -1.00 e. The standard InChI is InChI=1S/C18H24N.2ClH.Ti/c1-13-10-11-15(12-13)17-9-7-6-8-16(17)14(2)19-18(3,4)5;;;/h6-10,12,14H,11H2,1-5H3;2*1H;/q-1;;;+3/p-2. The van der Waals surface area contributed by atoms with Crippen LogP contribution in [0.1, 0.15) is 58.2 Å². The quantitative estimate of drug-likeness (QED) is 0.618. The first-order valence-corrected chi connectivity index (χ1v) is 7.97. The molecule has 0 heterocycles. The smallest absolute Gasteiger partial charge is 1.00 e. The van der Waals surface area contributed by atoms with Crippen LogP contribution >= 0.6 is 0 Å². The third-order valence-corrected chi connectivity index (χ3v) is 5.57. The van der Waals surface area contributed by atoms with Crippen LogP contribution in [0.4, 0.5) is 0 Å². The molecule has 0 aromatic heterocycles.